The number of ether oxygens (including phenoxy) is 9. The molecule has 3 rings (SSSR count). The predicted octanol–water partition coefficient (Wildman–Crippen LogP) is 7.48. The molecule has 0 amide bonds. The summed E-state index contributed by atoms with van der Waals surface area (Å²) in [5.41, 5.74) is 4.61. The number of hydrogen-bond donors (Lipinski definition) is 0. The molecule has 0 radical (unpaired) electrons. The first kappa shape index (κ1) is 39.1. The third-order valence-electron chi connectivity index (χ3n) is 7.45. The zero-order chi connectivity index (χ0) is 34.1. The minimum Gasteiger partial charge on any atom is -0.494 e. The largest absolute Gasteiger partial charge is 0.494 e. The van der Waals surface area contributed by atoms with Crippen molar-refractivity contribution in [3.05, 3.63) is 71.8 Å². The summed E-state index contributed by atoms with van der Waals surface area (Å²) in [5, 5.41) is 0. The molecule has 0 saturated carbocycles. The highest BCUT2D eigenvalue weighted by Crippen LogP contribution is 2.33. The molecular formula is C39H56O9. The average molecular weight is 669 g/mol. The number of hydrogen-bond acceptors (Lipinski definition) is 9. The second-order valence-electron chi connectivity index (χ2n) is 11.4. The van der Waals surface area contributed by atoms with Crippen molar-refractivity contribution in [3.63, 3.8) is 0 Å². The van der Waals surface area contributed by atoms with E-state index in [1.54, 1.807) is 14.2 Å². The number of rotatable bonds is 28. The van der Waals surface area contributed by atoms with Crippen LogP contribution in [0.3, 0.4) is 0 Å². The van der Waals surface area contributed by atoms with Gasteiger partial charge in [0.25, 0.3) is 0 Å². The van der Waals surface area contributed by atoms with Crippen molar-refractivity contribution in [1.29, 1.82) is 0 Å². The van der Waals surface area contributed by atoms with Crippen LogP contribution in [0.15, 0.2) is 60.7 Å². The first-order valence-electron chi connectivity index (χ1n) is 17.1. The third kappa shape index (κ3) is 16.2. The molecule has 0 aliphatic rings. The fourth-order valence-corrected chi connectivity index (χ4v) is 4.80. The third-order valence-corrected chi connectivity index (χ3v) is 7.45. The van der Waals surface area contributed by atoms with E-state index in [0.29, 0.717) is 59.5 Å². The fraction of sp³-hybridized carbons (Fsp3) is 0.538. The summed E-state index contributed by atoms with van der Waals surface area (Å²) in [6.07, 6.45) is 4.54. The van der Waals surface area contributed by atoms with E-state index in [0.717, 1.165) is 86.0 Å². The lowest BCUT2D eigenvalue weighted by atomic mass is 9.96. The Hall–Kier alpha value is -3.34. The molecular weight excluding hydrogens is 612 g/mol. The summed E-state index contributed by atoms with van der Waals surface area (Å²) in [7, 11) is 3.42. The summed E-state index contributed by atoms with van der Waals surface area (Å²) in [5.74, 6) is 3.28. The van der Waals surface area contributed by atoms with Crippen LogP contribution < -0.4 is 18.9 Å². The summed E-state index contributed by atoms with van der Waals surface area (Å²) in [4.78, 5) is 0. The Labute approximate surface area is 287 Å². The van der Waals surface area contributed by atoms with Gasteiger partial charge in [-0.3, -0.25) is 0 Å². The van der Waals surface area contributed by atoms with E-state index in [9.17, 15) is 0 Å². The van der Waals surface area contributed by atoms with E-state index in [2.05, 4.69) is 38.1 Å². The molecule has 9 nitrogen and oxygen atoms in total. The molecule has 3 aromatic rings. The molecule has 48 heavy (non-hydrogen) atoms. The summed E-state index contributed by atoms with van der Waals surface area (Å²) >= 11 is 0. The van der Waals surface area contributed by atoms with E-state index in [4.69, 9.17) is 42.6 Å². The van der Waals surface area contributed by atoms with Crippen LogP contribution in [0.2, 0.25) is 0 Å². The van der Waals surface area contributed by atoms with Crippen molar-refractivity contribution in [2.45, 2.75) is 46.0 Å². The van der Waals surface area contributed by atoms with Crippen LogP contribution in [0.25, 0.3) is 11.1 Å². The highest BCUT2D eigenvalue weighted by Gasteiger charge is 2.10. The van der Waals surface area contributed by atoms with Crippen LogP contribution >= 0.6 is 0 Å². The Morgan fingerprint density at radius 3 is 1.19 bits per heavy atom. The maximum absolute atomic E-state index is 6.03. The number of unbranched alkanes of at least 4 members (excludes halogenated alkanes) is 1. The van der Waals surface area contributed by atoms with Gasteiger partial charge in [0.2, 0.25) is 0 Å². The first-order chi connectivity index (χ1) is 23.6. The molecule has 9 heteroatoms. The number of benzene rings is 3. The van der Waals surface area contributed by atoms with Gasteiger partial charge in [-0.25, -0.2) is 0 Å². The van der Waals surface area contributed by atoms with Crippen molar-refractivity contribution in [1.82, 2.24) is 0 Å². The number of aryl methyl sites for hydroxylation is 2. The molecule has 0 spiro atoms. The Morgan fingerprint density at radius 1 is 0.354 bits per heavy atom. The van der Waals surface area contributed by atoms with Gasteiger partial charge in [-0.1, -0.05) is 12.1 Å². The Balaban J connectivity index is 1.28. The van der Waals surface area contributed by atoms with Gasteiger partial charge < -0.3 is 42.6 Å². The first-order valence-corrected chi connectivity index (χ1v) is 17.1. The molecule has 0 atom stereocenters. The molecule has 3 aromatic carbocycles. The zero-order valence-electron chi connectivity index (χ0n) is 29.5. The van der Waals surface area contributed by atoms with Crippen molar-refractivity contribution in [2.75, 3.05) is 93.5 Å². The minimum absolute atomic E-state index is 0.471. The lowest BCUT2D eigenvalue weighted by Gasteiger charge is -2.15. The summed E-state index contributed by atoms with van der Waals surface area (Å²) < 4.78 is 50.7. The minimum atomic E-state index is 0.471. The van der Waals surface area contributed by atoms with Gasteiger partial charge in [-0.2, -0.15) is 0 Å². The highest BCUT2D eigenvalue weighted by molar-refractivity contribution is 5.73. The predicted molar refractivity (Wildman–Crippen MR) is 189 cm³/mol. The summed E-state index contributed by atoms with van der Waals surface area (Å²) in [6.45, 7) is 11.7. The van der Waals surface area contributed by atoms with Crippen molar-refractivity contribution >= 4 is 0 Å². The van der Waals surface area contributed by atoms with Gasteiger partial charge in [-0.15, -0.1) is 0 Å². The standard InChI is InChI=1S/C39H56O9/c1-32-10-12-36(47-28-26-43-20-6-5-18-40-3)30-38(32)39-31-37(13-11-33(39)2)48-29-27-44-23-9-25-46-35-16-14-34(15-17-35)45-24-8-22-42-21-7-19-41-4/h10-17,30-31H,5-9,18-29H2,1-4H3. The van der Waals surface area contributed by atoms with Gasteiger partial charge in [0, 0.05) is 66.7 Å². The van der Waals surface area contributed by atoms with Gasteiger partial charge in [0.15, 0.2) is 0 Å². The van der Waals surface area contributed by atoms with Gasteiger partial charge in [0.1, 0.15) is 36.2 Å². The smallest absolute Gasteiger partial charge is 0.120 e. The molecule has 0 heterocycles. The van der Waals surface area contributed by atoms with E-state index in [1.165, 1.54) is 11.1 Å². The zero-order valence-corrected chi connectivity index (χ0v) is 29.5. The topological polar surface area (TPSA) is 83.1 Å². The van der Waals surface area contributed by atoms with Crippen LogP contribution in [0, 0.1) is 13.8 Å². The second-order valence-corrected chi connectivity index (χ2v) is 11.4. The normalized spacial score (nSPS) is 11.1. The van der Waals surface area contributed by atoms with Crippen molar-refractivity contribution < 1.29 is 42.6 Å². The maximum Gasteiger partial charge on any atom is 0.120 e. The molecule has 0 aliphatic carbocycles. The van der Waals surface area contributed by atoms with E-state index < -0.39 is 0 Å². The van der Waals surface area contributed by atoms with Gasteiger partial charge in [0.05, 0.1) is 26.4 Å². The highest BCUT2D eigenvalue weighted by atomic mass is 16.5. The summed E-state index contributed by atoms with van der Waals surface area (Å²) in [6, 6.07) is 20.1. The molecule has 0 bridgehead atoms. The SMILES string of the molecule is COCCCCOCCOc1ccc(C)c(-c2cc(OCCOCCCOc3ccc(OCCCOCCCOC)cc3)ccc2C)c1. The van der Waals surface area contributed by atoms with E-state index in [-0.39, 0.29) is 0 Å². The Kier molecular flexibility index (Phi) is 20.2. The average Bonchev–Trinajstić information content (AvgIpc) is 3.10. The van der Waals surface area contributed by atoms with Crippen LogP contribution in [-0.2, 0) is 23.7 Å². The van der Waals surface area contributed by atoms with Crippen LogP contribution in [0.4, 0.5) is 0 Å². The quantitative estimate of drug-likeness (QED) is 0.0732. The molecule has 0 unspecified atom stereocenters. The van der Waals surface area contributed by atoms with Crippen LogP contribution in [0.5, 0.6) is 23.0 Å². The van der Waals surface area contributed by atoms with E-state index >= 15 is 0 Å². The van der Waals surface area contributed by atoms with E-state index in [1.807, 2.05) is 36.4 Å². The Bertz CT molecular complexity index is 1250. The molecule has 0 saturated heterocycles. The molecule has 0 fully saturated rings. The van der Waals surface area contributed by atoms with Crippen LogP contribution in [0.1, 0.15) is 43.2 Å². The van der Waals surface area contributed by atoms with Gasteiger partial charge in [-0.05, 0) is 104 Å². The van der Waals surface area contributed by atoms with Crippen LogP contribution in [-0.4, -0.2) is 93.5 Å². The molecule has 0 aromatic heterocycles. The van der Waals surface area contributed by atoms with Crippen molar-refractivity contribution in [3.8, 4) is 34.1 Å². The Morgan fingerprint density at radius 2 is 0.708 bits per heavy atom. The maximum atomic E-state index is 6.03. The lowest BCUT2D eigenvalue weighted by Crippen LogP contribution is -2.09. The monoisotopic (exact) mass is 668 g/mol. The molecule has 0 N–H and O–H groups in total. The fourth-order valence-electron chi connectivity index (χ4n) is 4.80. The second kappa shape index (κ2) is 24.7. The molecule has 0 aliphatic heterocycles. The number of methoxy groups -OCH3 is 2. The van der Waals surface area contributed by atoms with Crippen molar-refractivity contribution in [2.24, 2.45) is 0 Å². The lowest BCUT2D eigenvalue weighted by molar-refractivity contribution is 0.0904. The molecule has 266 valence electrons. The van der Waals surface area contributed by atoms with Gasteiger partial charge >= 0.3 is 0 Å².